The van der Waals surface area contributed by atoms with Crippen molar-refractivity contribution in [3.63, 3.8) is 0 Å². The number of nitrogens with one attached hydrogen (secondary N) is 2. The standard InChI is InChI=1S/C24H30FN3O4S/c1-14(2)32-24(31)22-18-10-5-15(3)11-19(18)33-23(22)27-21(30)13-28(4)12-20(29)26-17-8-6-16(25)7-9-17/h6-9,14-15H,5,10-13H2,1-4H3,(H,26,29)(H,27,30). The quantitative estimate of drug-likeness (QED) is 0.562. The Kier molecular flexibility index (Phi) is 8.20. The molecule has 1 aliphatic carbocycles. The molecule has 0 radical (unpaired) electrons. The van der Waals surface area contributed by atoms with Gasteiger partial charge in [0, 0.05) is 10.6 Å². The number of benzene rings is 1. The monoisotopic (exact) mass is 475 g/mol. The lowest BCUT2D eigenvalue weighted by atomic mass is 9.88. The molecule has 0 aliphatic heterocycles. The Labute approximate surface area is 197 Å². The Morgan fingerprint density at radius 2 is 1.79 bits per heavy atom. The second-order valence-electron chi connectivity index (χ2n) is 8.79. The molecule has 0 spiro atoms. The summed E-state index contributed by atoms with van der Waals surface area (Å²) in [7, 11) is 1.65. The molecular weight excluding hydrogens is 445 g/mol. The third kappa shape index (κ3) is 6.85. The van der Waals surface area contributed by atoms with E-state index in [2.05, 4.69) is 17.6 Å². The van der Waals surface area contributed by atoms with Gasteiger partial charge in [-0.1, -0.05) is 6.92 Å². The van der Waals surface area contributed by atoms with E-state index in [0.717, 1.165) is 29.7 Å². The fourth-order valence-corrected chi connectivity index (χ4v) is 5.19. The lowest BCUT2D eigenvalue weighted by molar-refractivity contribution is -0.119. The minimum atomic E-state index is -0.417. The van der Waals surface area contributed by atoms with Gasteiger partial charge >= 0.3 is 5.97 Å². The normalized spacial score (nSPS) is 15.3. The van der Waals surface area contributed by atoms with Gasteiger partial charge in [-0.2, -0.15) is 0 Å². The molecule has 1 aliphatic rings. The highest BCUT2D eigenvalue weighted by atomic mass is 32.1. The van der Waals surface area contributed by atoms with Gasteiger partial charge in [-0.25, -0.2) is 9.18 Å². The number of hydrogen-bond acceptors (Lipinski definition) is 6. The number of anilines is 2. The smallest absolute Gasteiger partial charge is 0.341 e. The predicted molar refractivity (Wildman–Crippen MR) is 127 cm³/mol. The molecule has 2 amide bonds. The number of hydrogen-bond donors (Lipinski definition) is 2. The molecule has 0 bridgehead atoms. The number of amides is 2. The molecule has 1 aromatic carbocycles. The van der Waals surface area contributed by atoms with Crippen LogP contribution in [0.5, 0.6) is 0 Å². The van der Waals surface area contributed by atoms with E-state index >= 15 is 0 Å². The summed E-state index contributed by atoms with van der Waals surface area (Å²) >= 11 is 1.43. The van der Waals surface area contributed by atoms with Gasteiger partial charge in [-0.3, -0.25) is 14.5 Å². The zero-order valence-electron chi connectivity index (χ0n) is 19.4. The molecule has 0 fully saturated rings. The lowest BCUT2D eigenvalue weighted by Gasteiger charge is -2.19. The molecule has 3 rings (SSSR count). The van der Waals surface area contributed by atoms with Gasteiger partial charge in [0.05, 0.1) is 24.8 Å². The molecule has 178 valence electrons. The molecule has 1 heterocycles. The van der Waals surface area contributed by atoms with Gasteiger partial charge in [0.15, 0.2) is 0 Å². The van der Waals surface area contributed by atoms with Crippen molar-refractivity contribution in [2.75, 3.05) is 30.8 Å². The molecule has 0 saturated heterocycles. The SMILES string of the molecule is CC1CCc2c(sc(NC(=O)CN(C)CC(=O)Nc3ccc(F)cc3)c2C(=O)OC(C)C)C1. The highest BCUT2D eigenvalue weighted by Gasteiger charge is 2.29. The molecule has 1 atom stereocenters. The van der Waals surface area contributed by atoms with Crippen molar-refractivity contribution >= 4 is 39.8 Å². The van der Waals surface area contributed by atoms with E-state index < -0.39 is 5.97 Å². The van der Waals surface area contributed by atoms with Crippen LogP contribution in [0.2, 0.25) is 0 Å². The summed E-state index contributed by atoms with van der Waals surface area (Å²) in [6, 6.07) is 5.46. The number of rotatable bonds is 8. The fraction of sp³-hybridized carbons (Fsp3) is 0.458. The van der Waals surface area contributed by atoms with Crippen LogP contribution in [0.4, 0.5) is 15.1 Å². The third-order valence-electron chi connectivity index (χ3n) is 5.27. The van der Waals surface area contributed by atoms with Crippen LogP contribution < -0.4 is 10.6 Å². The average Bonchev–Trinajstić information content (AvgIpc) is 3.05. The van der Waals surface area contributed by atoms with Gasteiger partial charge in [0.1, 0.15) is 10.8 Å². The van der Waals surface area contributed by atoms with Crippen molar-refractivity contribution < 1.29 is 23.5 Å². The molecule has 1 aromatic heterocycles. The molecule has 1 unspecified atom stereocenters. The van der Waals surface area contributed by atoms with Crippen LogP contribution in [-0.2, 0) is 27.2 Å². The number of likely N-dealkylation sites (N-methyl/N-ethyl adjacent to an activating group) is 1. The molecule has 7 nitrogen and oxygen atoms in total. The number of esters is 1. The van der Waals surface area contributed by atoms with Crippen molar-refractivity contribution in [2.24, 2.45) is 5.92 Å². The Bertz CT molecular complexity index is 1020. The maximum Gasteiger partial charge on any atom is 0.341 e. The largest absolute Gasteiger partial charge is 0.459 e. The fourth-order valence-electron chi connectivity index (χ4n) is 3.77. The first-order valence-corrected chi connectivity index (χ1v) is 11.8. The first-order chi connectivity index (χ1) is 15.6. The third-order valence-corrected chi connectivity index (χ3v) is 6.44. The summed E-state index contributed by atoms with van der Waals surface area (Å²) in [5, 5.41) is 6.03. The van der Waals surface area contributed by atoms with E-state index in [-0.39, 0.29) is 36.8 Å². The van der Waals surface area contributed by atoms with E-state index in [4.69, 9.17) is 4.74 Å². The minimum Gasteiger partial charge on any atom is -0.459 e. The highest BCUT2D eigenvalue weighted by molar-refractivity contribution is 7.17. The second kappa shape index (κ2) is 10.9. The number of carbonyl (C=O) groups excluding carboxylic acids is 3. The topological polar surface area (TPSA) is 87.7 Å². The number of nitrogens with zero attached hydrogens (tertiary/aromatic N) is 1. The minimum absolute atomic E-state index is 0.0223. The van der Waals surface area contributed by atoms with Crippen LogP contribution in [0.15, 0.2) is 24.3 Å². The summed E-state index contributed by atoms with van der Waals surface area (Å²) in [6.45, 7) is 5.71. The molecular formula is C24H30FN3O4S. The van der Waals surface area contributed by atoms with E-state index in [0.29, 0.717) is 22.2 Å². The number of carbonyl (C=O) groups is 3. The summed E-state index contributed by atoms with van der Waals surface area (Å²) < 4.78 is 18.4. The van der Waals surface area contributed by atoms with E-state index in [1.807, 2.05) is 0 Å². The first-order valence-electron chi connectivity index (χ1n) is 11.0. The van der Waals surface area contributed by atoms with E-state index in [1.165, 1.54) is 35.6 Å². The molecule has 0 saturated carbocycles. The Morgan fingerprint density at radius 3 is 2.42 bits per heavy atom. The number of halogens is 1. The highest BCUT2D eigenvalue weighted by Crippen LogP contribution is 2.40. The first kappa shape index (κ1) is 24.9. The van der Waals surface area contributed by atoms with Crippen molar-refractivity contribution in [3.05, 3.63) is 46.1 Å². The van der Waals surface area contributed by atoms with E-state index in [1.54, 1.807) is 25.8 Å². The predicted octanol–water partition coefficient (Wildman–Crippen LogP) is 4.09. The van der Waals surface area contributed by atoms with Gasteiger partial charge in [-0.05, 0) is 75.9 Å². The maximum absolute atomic E-state index is 13.0. The van der Waals surface area contributed by atoms with Crippen LogP contribution in [0, 0.1) is 11.7 Å². The Hall–Kier alpha value is -2.78. The summed E-state index contributed by atoms with van der Waals surface area (Å²) in [5.74, 6) is -0.919. The van der Waals surface area contributed by atoms with Crippen molar-refractivity contribution in [3.8, 4) is 0 Å². The molecule has 2 N–H and O–H groups in total. The number of thiophene rings is 1. The van der Waals surface area contributed by atoms with Crippen LogP contribution in [0.3, 0.4) is 0 Å². The zero-order valence-corrected chi connectivity index (χ0v) is 20.2. The van der Waals surface area contributed by atoms with Crippen molar-refractivity contribution in [1.29, 1.82) is 0 Å². The number of fused-ring (bicyclic) bond motifs is 1. The second-order valence-corrected chi connectivity index (χ2v) is 9.89. The van der Waals surface area contributed by atoms with Crippen LogP contribution in [0.1, 0.15) is 48.0 Å². The Balaban J connectivity index is 1.63. The van der Waals surface area contributed by atoms with Crippen molar-refractivity contribution in [2.45, 2.75) is 46.1 Å². The molecule has 2 aromatic rings. The van der Waals surface area contributed by atoms with Crippen LogP contribution in [0.25, 0.3) is 0 Å². The summed E-state index contributed by atoms with van der Waals surface area (Å²) in [5.41, 5.74) is 1.91. The van der Waals surface area contributed by atoms with Gasteiger partial charge in [-0.15, -0.1) is 11.3 Å². The molecule has 33 heavy (non-hydrogen) atoms. The maximum atomic E-state index is 13.0. The summed E-state index contributed by atoms with van der Waals surface area (Å²) in [6.07, 6.45) is 2.39. The average molecular weight is 476 g/mol. The van der Waals surface area contributed by atoms with Crippen LogP contribution >= 0.6 is 11.3 Å². The Morgan fingerprint density at radius 1 is 1.15 bits per heavy atom. The summed E-state index contributed by atoms with van der Waals surface area (Å²) in [4.78, 5) is 40.4. The number of ether oxygens (including phenoxy) is 1. The van der Waals surface area contributed by atoms with Gasteiger partial charge in [0.25, 0.3) is 0 Å². The van der Waals surface area contributed by atoms with Crippen LogP contribution in [-0.4, -0.2) is 48.9 Å². The van der Waals surface area contributed by atoms with Gasteiger partial charge < -0.3 is 15.4 Å². The lowest BCUT2D eigenvalue weighted by Crippen LogP contribution is -2.36. The zero-order chi connectivity index (χ0) is 24.1. The van der Waals surface area contributed by atoms with Crippen molar-refractivity contribution in [1.82, 2.24) is 4.90 Å². The van der Waals surface area contributed by atoms with Gasteiger partial charge in [0.2, 0.25) is 11.8 Å². The van der Waals surface area contributed by atoms with E-state index in [9.17, 15) is 18.8 Å². The molecule has 9 heteroatoms.